The van der Waals surface area contributed by atoms with Crippen LogP contribution < -0.4 is 20.4 Å². The highest BCUT2D eigenvalue weighted by molar-refractivity contribution is 14.0. The number of morpholine rings is 1. The van der Waals surface area contributed by atoms with Crippen molar-refractivity contribution in [3.63, 3.8) is 0 Å². The predicted octanol–water partition coefficient (Wildman–Crippen LogP) is 2.92. The van der Waals surface area contributed by atoms with E-state index in [1.54, 1.807) is 7.05 Å². The monoisotopic (exact) mass is 564 g/mol. The Morgan fingerprint density at radius 3 is 2.58 bits per heavy atom. The van der Waals surface area contributed by atoms with Gasteiger partial charge in [-0.25, -0.2) is 4.98 Å². The Bertz CT molecular complexity index is 952. The number of nitrogens with one attached hydrogen (secondary N) is 2. The molecule has 1 amide bonds. The number of hydrogen-bond donors (Lipinski definition) is 2. The molecule has 3 heterocycles. The zero-order valence-electron chi connectivity index (χ0n) is 19.3. The summed E-state index contributed by atoms with van der Waals surface area (Å²) < 4.78 is 5.63. The fourth-order valence-electron chi connectivity index (χ4n) is 4.08. The summed E-state index contributed by atoms with van der Waals surface area (Å²) in [6.07, 6.45) is 3.67. The Balaban J connectivity index is 0.00000306. The molecule has 0 spiro atoms. The molecule has 9 heteroatoms. The molecule has 0 saturated carbocycles. The third-order valence-electron chi connectivity index (χ3n) is 5.84. The molecule has 2 aromatic rings. The summed E-state index contributed by atoms with van der Waals surface area (Å²) in [5.74, 6) is 1.93. The lowest BCUT2D eigenvalue weighted by molar-refractivity contribution is -0.117. The van der Waals surface area contributed by atoms with E-state index in [1.807, 2.05) is 29.3 Å². The molecule has 2 aliphatic rings. The van der Waals surface area contributed by atoms with E-state index in [0.717, 1.165) is 61.3 Å². The number of pyridine rings is 1. The number of hydrogen-bond acceptors (Lipinski definition) is 5. The van der Waals surface area contributed by atoms with Crippen molar-refractivity contribution in [3.05, 3.63) is 53.7 Å². The molecule has 1 aromatic carbocycles. The van der Waals surface area contributed by atoms with Crippen molar-refractivity contribution < 1.29 is 9.53 Å². The maximum atomic E-state index is 11.9. The number of aliphatic imine (C=N–C) groups is 1. The van der Waals surface area contributed by atoms with Crippen molar-refractivity contribution in [1.29, 1.82) is 0 Å². The van der Waals surface area contributed by atoms with Crippen LogP contribution in [-0.4, -0.2) is 56.2 Å². The molecule has 2 fully saturated rings. The van der Waals surface area contributed by atoms with Gasteiger partial charge in [0, 0.05) is 58.1 Å². The van der Waals surface area contributed by atoms with Gasteiger partial charge in [0.25, 0.3) is 0 Å². The number of guanidine groups is 1. The minimum Gasteiger partial charge on any atom is -0.375 e. The van der Waals surface area contributed by atoms with Gasteiger partial charge in [0.05, 0.1) is 12.7 Å². The van der Waals surface area contributed by atoms with E-state index >= 15 is 0 Å². The largest absolute Gasteiger partial charge is 0.375 e. The van der Waals surface area contributed by atoms with Crippen LogP contribution in [0.1, 0.15) is 30.9 Å². The highest BCUT2D eigenvalue weighted by Crippen LogP contribution is 2.21. The van der Waals surface area contributed by atoms with Gasteiger partial charge >= 0.3 is 0 Å². The standard InChI is InChI=1S/C24H32N6O2.HI/c1-18-17-29(12-13-32-18)22-14-20(9-10-26-22)16-28-24(25-2)27-15-19-5-7-21(8-6-19)30-11-3-4-23(30)31;/h5-10,14,18H,3-4,11-13,15-17H2,1-2H3,(H2,25,27,28);1H. The Hall–Kier alpha value is -2.40. The van der Waals surface area contributed by atoms with Crippen molar-refractivity contribution in [1.82, 2.24) is 15.6 Å². The number of carbonyl (C=O) groups excluding carboxylic acids is 1. The summed E-state index contributed by atoms with van der Waals surface area (Å²) in [5.41, 5.74) is 3.26. The summed E-state index contributed by atoms with van der Waals surface area (Å²) in [7, 11) is 1.77. The number of carbonyl (C=O) groups is 1. The summed E-state index contributed by atoms with van der Waals surface area (Å²) in [6.45, 7) is 6.67. The first-order valence-electron chi connectivity index (χ1n) is 11.3. The fraction of sp³-hybridized carbons (Fsp3) is 0.458. The van der Waals surface area contributed by atoms with Gasteiger partial charge < -0.3 is 25.2 Å². The van der Waals surface area contributed by atoms with Gasteiger partial charge in [-0.1, -0.05) is 12.1 Å². The molecule has 8 nitrogen and oxygen atoms in total. The molecule has 2 N–H and O–H groups in total. The highest BCUT2D eigenvalue weighted by Gasteiger charge is 2.21. The van der Waals surface area contributed by atoms with Crippen LogP contribution >= 0.6 is 24.0 Å². The van der Waals surface area contributed by atoms with E-state index in [2.05, 4.69) is 50.6 Å². The number of halogens is 1. The lowest BCUT2D eigenvalue weighted by Gasteiger charge is -2.32. The zero-order chi connectivity index (χ0) is 22.3. The maximum absolute atomic E-state index is 11.9. The number of anilines is 2. The molecule has 33 heavy (non-hydrogen) atoms. The zero-order valence-corrected chi connectivity index (χ0v) is 21.6. The molecule has 2 saturated heterocycles. The molecule has 1 aromatic heterocycles. The third kappa shape index (κ3) is 6.80. The van der Waals surface area contributed by atoms with Crippen LogP contribution in [0.3, 0.4) is 0 Å². The summed E-state index contributed by atoms with van der Waals surface area (Å²) >= 11 is 0. The lowest BCUT2D eigenvalue weighted by atomic mass is 10.2. The second kappa shape index (κ2) is 12.2. The van der Waals surface area contributed by atoms with E-state index in [0.29, 0.717) is 19.5 Å². The predicted molar refractivity (Wildman–Crippen MR) is 142 cm³/mol. The average molecular weight is 564 g/mol. The molecular weight excluding hydrogens is 531 g/mol. The normalized spacial score (nSPS) is 18.8. The number of rotatable bonds is 6. The number of aromatic nitrogens is 1. The highest BCUT2D eigenvalue weighted by atomic mass is 127. The smallest absolute Gasteiger partial charge is 0.227 e. The first-order valence-corrected chi connectivity index (χ1v) is 11.3. The molecular formula is C24H33IN6O2. The van der Waals surface area contributed by atoms with Crippen LogP contribution in [0.4, 0.5) is 11.5 Å². The van der Waals surface area contributed by atoms with Crippen LogP contribution in [0.15, 0.2) is 47.6 Å². The molecule has 0 radical (unpaired) electrons. The Labute approximate surface area is 212 Å². The van der Waals surface area contributed by atoms with Crippen molar-refractivity contribution in [3.8, 4) is 0 Å². The fourth-order valence-corrected chi connectivity index (χ4v) is 4.08. The first kappa shape index (κ1) is 25.2. The molecule has 178 valence electrons. The first-order chi connectivity index (χ1) is 15.6. The van der Waals surface area contributed by atoms with Crippen molar-refractivity contribution in [2.75, 3.05) is 43.1 Å². The molecule has 1 unspecified atom stereocenters. The van der Waals surface area contributed by atoms with Crippen molar-refractivity contribution in [2.24, 2.45) is 4.99 Å². The summed E-state index contributed by atoms with van der Waals surface area (Å²) in [6, 6.07) is 12.3. The number of amides is 1. The van der Waals surface area contributed by atoms with Gasteiger partial charge in [-0.2, -0.15) is 0 Å². The Morgan fingerprint density at radius 2 is 1.91 bits per heavy atom. The van der Waals surface area contributed by atoms with Gasteiger partial charge in [0.1, 0.15) is 5.82 Å². The van der Waals surface area contributed by atoms with Crippen molar-refractivity contribution in [2.45, 2.75) is 39.0 Å². The summed E-state index contributed by atoms with van der Waals surface area (Å²) in [5, 5.41) is 6.73. The van der Waals surface area contributed by atoms with E-state index in [4.69, 9.17) is 4.74 Å². The van der Waals surface area contributed by atoms with Gasteiger partial charge in [0.2, 0.25) is 5.91 Å². The Morgan fingerprint density at radius 1 is 1.15 bits per heavy atom. The maximum Gasteiger partial charge on any atom is 0.227 e. The number of nitrogens with zero attached hydrogens (tertiary/aromatic N) is 4. The van der Waals surface area contributed by atoms with Crippen LogP contribution in [0, 0.1) is 0 Å². The molecule has 4 rings (SSSR count). The average Bonchev–Trinajstić information content (AvgIpc) is 3.25. The van der Waals surface area contributed by atoms with Gasteiger partial charge in [-0.3, -0.25) is 9.79 Å². The SMILES string of the molecule is CN=C(NCc1ccc(N2CCCC2=O)cc1)NCc1ccnc(N2CCOC(C)C2)c1.I. The topological polar surface area (TPSA) is 82.1 Å². The van der Waals surface area contributed by atoms with Gasteiger partial charge in [0.15, 0.2) is 5.96 Å². The van der Waals surface area contributed by atoms with E-state index < -0.39 is 0 Å². The van der Waals surface area contributed by atoms with E-state index in [-0.39, 0.29) is 36.0 Å². The molecule has 1 atom stereocenters. The van der Waals surface area contributed by atoms with E-state index in [9.17, 15) is 4.79 Å². The van der Waals surface area contributed by atoms with Crippen LogP contribution in [-0.2, 0) is 22.6 Å². The minimum atomic E-state index is 0. The van der Waals surface area contributed by atoms with Crippen LogP contribution in [0.25, 0.3) is 0 Å². The van der Waals surface area contributed by atoms with Gasteiger partial charge in [-0.15, -0.1) is 24.0 Å². The van der Waals surface area contributed by atoms with Crippen LogP contribution in [0.5, 0.6) is 0 Å². The third-order valence-corrected chi connectivity index (χ3v) is 5.84. The van der Waals surface area contributed by atoms with Crippen LogP contribution in [0.2, 0.25) is 0 Å². The van der Waals surface area contributed by atoms with Crippen molar-refractivity contribution >= 4 is 47.3 Å². The van der Waals surface area contributed by atoms with Gasteiger partial charge in [-0.05, 0) is 48.7 Å². The quantitative estimate of drug-likeness (QED) is 0.319. The lowest BCUT2D eigenvalue weighted by Crippen LogP contribution is -2.41. The molecule has 0 aliphatic carbocycles. The number of benzene rings is 1. The molecule has 0 bridgehead atoms. The Kier molecular flexibility index (Phi) is 9.30. The molecule has 2 aliphatic heterocycles. The number of ether oxygens (including phenoxy) is 1. The summed E-state index contributed by atoms with van der Waals surface area (Å²) in [4.78, 5) is 24.9. The van der Waals surface area contributed by atoms with E-state index in [1.165, 1.54) is 0 Å². The second-order valence-corrected chi connectivity index (χ2v) is 8.24. The second-order valence-electron chi connectivity index (χ2n) is 8.24. The minimum absolute atomic E-state index is 0.